The van der Waals surface area contributed by atoms with E-state index in [1.54, 1.807) is 25.1 Å². The van der Waals surface area contributed by atoms with Gasteiger partial charge in [0.25, 0.3) is 15.9 Å². The first-order valence-electron chi connectivity index (χ1n) is 7.40. The molecule has 134 valence electrons. The summed E-state index contributed by atoms with van der Waals surface area (Å²) in [4.78, 5) is 14.2. The van der Waals surface area contributed by atoms with Gasteiger partial charge >= 0.3 is 0 Å². The summed E-state index contributed by atoms with van der Waals surface area (Å²) in [6.45, 7) is 3.69. The highest BCUT2D eigenvalue weighted by Crippen LogP contribution is 2.27. The maximum Gasteiger partial charge on any atom is 0.266 e. The van der Waals surface area contributed by atoms with E-state index >= 15 is 0 Å². The number of hydrogen-bond donors (Lipinski definition) is 2. The molecular weight excluding hydrogens is 344 g/mol. The maximum atomic E-state index is 12.5. The second kappa shape index (κ2) is 7.54. The van der Waals surface area contributed by atoms with E-state index < -0.39 is 15.9 Å². The normalized spacial score (nSPS) is 11.0. The van der Waals surface area contributed by atoms with E-state index in [1.807, 2.05) is 13.0 Å². The number of carbonyl (C=O) groups is 1. The molecule has 0 aliphatic rings. The second-order valence-corrected chi connectivity index (χ2v) is 7.05. The van der Waals surface area contributed by atoms with Crippen molar-refractivity contribution in [1.29, 1.82) is 0 Å². The van der Waals surface area contributed by atoms with Crippen molar-refractivity contribution >= 4 is 15.9 Å². The van der Waals surface area contributed by atoms with Gasteiger partial charge in [-0.1, -0.05) is 17.7 Å². The van der Waals surface area contributed by atoms with Crippen LogP contribution in [0, 0.1) is 13.8 Å². The van der Waals surface area contributed by atoms with Crippen LogP contribution in [0.15, 0.2) is 41.3 Å². The van der Waals surface area contributed by atoms with E-state index in [4.69, 9.17) is 9.47 Å². The third-order valence-electron chi connectivity index (χ3n) is 3.59. The summed E-state index contributed by atoms with van der Waals surface area (Å²) in [5.74, 6) is -0.0705. The molecule has 8 heteroatoms. The molecule has 2 rings (SSSR count). The van der Waals surface area contributed by atoms with Gasteiger partial charge in [0.05, 0.1) is 14.2 Å². The molecule has 0 aliphatic heterocycles. The smallest absolute Gasteiger partial charge is 0.266 e. The minimum absolute atomic E-state index is 0.133. The molecule has 0 fully saturated rings. The number of sulfonamides is 1. The third-order valence-corrected chi connectivity index (χ3v) is 4.85. The molecule has 0 aliphatic carbocycles. The van der Waals surface area contributed by atoms with Crippen LogP contribution in [0.5, 0.6) is 11.5 Å². The largest absolute Gasteiger partial charge is 0.497 e. The summed E-state index contributed by atoms with van der Waals surface area (Å²) in [6.07, 6.45) is 0. The van der Waals surface area contributed by atoms with Gasteiger partial charge < -0.3 is 9.47 Å². The highest BCUT2D eigenvalue weighted by molar-refractivity contribution is 7.89. The number of ether oxygens (including phenoxy) is 2. The average molecular weight is 364 g/mol. The summed E-state index contributed by atoms with van der Waals surface area (Å²) in [7, 11) is -1.27. The monoisotopic (exact) mass is 364 g/mol. The lowest BCUT2D eigenvalue weighted by Gasteiger charge is -2.13. The van der Waals surface area contributed by atoms with Gasteiger partial charge in [-0.25, -0.2) is 8.42 Å². The number of methoxy groups -OCH3 is 2. The molecule has 0 heterocycles. The zero-order valence-electron chi connectivity index (χ0n) is 14.4. The summed E-state index contributed by atoms with van der Waals surface area (Å²) >= 11 is 0. The van der Waals surface area contributed by atoms with Gasteiger partial charge in [0, 0.05) is 11.6 Å². The van der Waals surface area contributed by atoms with Crippen LogP contribution in [0.2, 0.25) is 0 Å². The lowest BCUT2D eigenvalue weighted by molar-refractivity contribution is 0.0944. The van der Waals surface area contributed by atoms with Crippen LogP contribution in [0.4, 0.5) is 0 Å². The topological polar surface area (TPSA) is 93.7 Å². The van der Waals surface area contributed by atoms with Crippen molar-refractivity contribution in [2.24, 2.45) is 0 Å². The van der Waals surface area contributed by atoms with Crippen molar-refractivity contribution in [3.8, 4) is 11.5 Å². The van der Waals surface area contributed by atoms with E-state index in [2.05, 4.69) is 10.3 Å². The first kappa shape index (κ1) is 18.8. The van der Waals surface area contributed by atoms with Gasteiger partial charge in [0.1, 0.15) is 16.4 Å². The number of aryl methyl sites for hydroxylation is 2. The summed E-state index contributed by atoms with van der Waals surface area (Å²) in [5, 5.41) is 0. The predicted octanol–water partition coefficient (Wildman–Crippen LogP) is 1.94. The van der Waals surface area contributed by atoms with E-state index in [0.717, 1.165) is 11.1 Å². The van der Waals surface area contributed by atoms with Gasteiger partial charge in [-0.2, -0.15) is 0 Å². The Bertz CT molecular complexity index is 894. The SMILES string of the molecule is COc1ccc(OC)c(S(=O)(=O)NNC(=O)c2ccc(C)cc2C)c1. The number of carbonyl (C=O) groups excluding carboxylic acids is 1. The minimum Gasteiger partial charge on any atom is -0.497 e. The highest BCUT2D eigenvalue weighted by Gasteiger charge is 2.22. The van der Waals surface area contributed by atoms with Crippen LogP contribution in [-0.4, -0.2) is 28.5 Å². The fourth-order valence-corrected chi connectivity index (χ4v) is 3.32. The van der Waals surface area contributed by atoms with Crippen LogP contribution in [0.1, 0.15) is 21.5 Å². The number of amides is 1. The third kappa shape index (κ3) is 4.28. The Labute approximate surface area is 147 Å². The number of rotatable bonds is 6. The van der Waals surface area contributed by atoms with E-state index in [0.29, 0.717) is 11.3 Å². The number of benzene rings is 2. The molecule has 2 aromatic carbocycles. The Morgan fingerprint density at radius 3 is 2.32 bits per heavy atom. The molecule has 0 unspecified atom stereocenters. The van der Waals surface area contributed by atoms with Crippen LogP contribution in [0.25, 0.3) is 0 Å². The standard InChI is InChI=1S/C17H20N2O5S/c1-11-5-7-14(12(2)9-11)17(20)18-19-25(21,22)16-10-13(23-3)6-8-15(16)24-4/h5-10,19H,1-4H3,(H,18,20). The van der Waals surface area contributed by atoms with Gasteiger partial charge in [0.15, 0.2) is 0 Å². The first-order chi connectivity index (χ1) is 11.8. The Hall–Kier alpha value is -2.58. The van der Waals surface area contributed by atoms with Crippen LogP contribution in [-0.2, 0) is 10.0 Å². The Balaban J connectivity index is 2.23. The maximum absolute atomic E-state index is 12.5. The number of hydrogen-bond acceptors (Lipinski definition) is 5. The van der Waals surface area contributed by atoms with Crippen molar-refractivity contribution in [2.75, 3.05) is 14.2 Å². The fraction of sp³-hybridized carbons (Fsp3) is 0.235. The Morgan fingerprint density at radius 2 is 1.72 bits per heavy atom. The highest BCUT2D eigenvalue weighted by atomic mass is 32.2. The molecule has 2 N–H and O–H groups in total. The fourth-order valence-electron chi connectivity index (χ4n) is 2.30. The quantitative estimate of drug-likeness (QED) is 0.764. The molecule has 0 bridgehead atoms. The molecule has 2 aromatic rings. The molecule has 0 radical (unpaired) electrons. The Kier molecular flexibility index (Phi) is 5.66. The van der Waals surface area contributed by atoms with Crippen molar-refractivity contribution in [1.82, 2.24) is 10.3 Å². The summed E-state index contributed by atoms with van der Waals surface area (Å²) < 4.78 is 35.1. The molecule has 0 aromatic heterocycles. The molecule has 25 heavy (non-hydrogen) atoms. The molecule has 0 saturated carbocycles. The van der Waals surface area contributed by atoms with Crippen molar-refractivity contribution in [2.45, 2.75) is 18.7 Å². The summed E-state index contributed by atoms with van der Waals surface area (Å²) in [5.41, 5.74) is 4.35. The molecule has 7 nitrogen and oxygen atoms in total. The number of hydrazine groups is 1. The molecular formula is C17H20N2O5S. The van der Waals surface area contributed by atoms with Crippen molar-refractivity contribution in [3.05, 3.63) is 53.1 Å². The zero-order chi connectivity index (χ0) is 18.6. The van der Waals surface area contributed by atoms with Gasteiger partial charge in [0.2, 0.25) is 0 Å². The number of nitrogens with one attached hydrogen (secondary N) is 2. The predicted molar refractivity (Wildman–Crippen MR) is 93.2 cm³/mol. The molecule has 0 saturated heterocycles. The average Bonchev–Trinajstić information content (AvgIpc) is 2.59. The first-order valence-corrected chi connectivity index (χ1v) is 8.88. The molecule has 0 atom stereocenters. The van der Waals surface area contributed by atoms with Gasteiger partial charge in [-0.3, -0.25) is 10.2 Å². The van der Waals surface area contributed by atoms with Gasteiger partial charge in [-0.15, -0.1) is 4.83 Å². The molecule has 0 spiro atoms. The van der Waals surface area contributed by atoms with Crippen LogP contribution in [0.3, 0.4) is 0 Å². The minimum atomic E-state index is -4.05. The van der Waals surface area contributed by atoms with Crippen molar-refractivity contribution in [3.63, 3.8) is 0 Å². The lowest BCUT2D eigenvalue weighted by Crippen LogP contribution is -2.41. The molecule has 1 amide bonds. The van der Waals surface area contributed by atoms with Crippen molar-refractivity contribution < 1.29 is 22.7 Å². The van der Waals surface area contributed by atoms with Crippen LogP contribution < -0.4 is 19.7 Å². The summed E-state index contributed by atoms with van der Waals surface area (Å²) in [6, 6.07) is 9.62. The zero-order valence-corrected chi connectivity index (χ0v) is 15.2. The van der Waals surface area contributed by atoms with Gasteiger partial charge in [-0.05, 0) is 37.6 Å². The van der Waals surface area contributed by atoms with Crippen LogP contribution >= 0.6 is 0 Å². The Morgan fingerprint density at radius 1 is 1.00 bits per heavy atom. The lowest BCUT2D eigenvalue weighted by atomic mass is 10.1. The second-order valence-electron chi connectivity index (χ2n) is 5.39. The van der Waals surface area contributed by atoms with E-state index in [1.165, 1.54) is 26.4 Å². The van der Waals surface area contributed by atoms with E-state index in [-0.39, 0.29) is 10.6 Å². The van der Waals surface area contributed by atoms with E-state index in [9.17, 15) is 13.2 Å².